The lowest BCUT2D eigenvalue weighted by molar-refractivity contribution is -0.134. The largest absolute Gasteiger partial charge is 0.497 e. The lowest BCUT2D eigenvalue weighted by Gasteiger charge is -2.36. The Morgan fingerprint density at radius 1 is 0.914 bits per heavy atom. The van der Waals surface area contributed by atoms with Crippen molar-refractivity contribution in [1.82, 2.24) is 9.88 Å². The van der Waals surface area contributed by atoms with E-state index in [1.54, 1.807) is 24.1 Å². The molecule has 178 valence electrons. The van der Waals surface area contributed by atoms with Crippen molar-refractivity contribution in [2.75, 3.05) is 44.8 Å². The number of para-hydroxylation sites is 1. The van der Waals surface area contributed by atoms with Gasteiger partial charge in [0.25, 0.3) is 5.91 Å². The Hall–Kier alpha value is -3.91. The maximum absolute atomic E-state index is 12.9. The first kappa shape index (κ1) is 22.9. The van der Waals surface area contributed by atoms with Crippen LogP contribution in [-0.4, -0.2) is 61.7 Å². The summed E-state index contributed by atoms with van der Waals surface area (Å²) in [6.07, 6.45) is 0. The number of carbonyl (C=O) groups is 2. The monoisotopic (exact) mass is 487 g/mol. The molecule has 1 saturated heterocycles. The minimum atomic E-state index is -0.523. The summed E-state index contributed by atoms with van der Waals surface area (Å²) < 4.78 is 11.7. The van der Waals surface area contributed by atoms with Crippen molar-refractivity contribution in [2.24, 2.45) is 0 Å². The van der Waals surface area contributed by atoms with Gasteiger partial charge in [-0.3, -0.25) is 4.79 Å². The number of benzene rings is 3. The van der Waals surface area contributed by atoms with Crippen molar-refractivity contribution in [3.05, 3.63) is 78.4 Å². The third-order valence-corrected chi connectivity index (χ3v) is 7.14. The van der Waals surface area contributed by atoms with Crippen LogP contribution in [0.5, 0.6) is 5.75 Å². The van der Waals surface area contributed by atoms with E-state index in [2.05, 4.69) is 9.88 Å². The van der Waals surface area contributed by atoms with Crippen LogP contribution in [0.2, 0.25) is 0 Å². The Labute approximate surface area is 207 Å². The normalized spacial score (nSPS) is 13.6. The molecule has 8 heteroatoms. The molecule has 4 aromatic rings. The fourth-order valence-electron chi connectivity index (χ4n) is 4.14. The van der Waals surface area contributed by atoms with E-state index in [0.29, 0.717) is 37.3 Å². The zero-order valence-electron chi connectivity index (χ0n) is 19.3. The van der Waals surface area contributed by atoms with E-state index in [0.717, 1.165) is 26.7 Å². The number of rotatable bonds is 6. The van der Waals surface area contributed by atoms with Crippen molar-refractivity contribution >= 4 is 39.1 Å². The van der Waals surface area contributed by atoms with Gasteiger partial charge in [0.2, 0.25) is 0 Å². The smallest absolute Gasteiger partial charge is 0.339 e. The first-order valence-corrected chi connectivity index (χ1v) is 12.2. The number of amides is 1. The van der Waals surface area contributed by atoms with Crippen LogP contribution in [0.4, 0.5) is 5.69 Å². The van der Waals surface area contributed by atoms with Gasteiger partial charge >= 0.3 is 5.97 Å². The van der Waals surface area contributed by atoms with E-state index in [1.165, 1.54) is 11.3 Å². The number of aromatic nitrogens is 1. The van der Waals surface area contributed by atoms with Gasteiger partial charge in [-0.25, -0.2) is 9.78 Å². The summed E-state index contributed by atoms with van der Waals surface area (Å²) in [6.45, 7) is 2.30. The summed E-state index contributed by atoms with van der Waals surface area (Å²) in [5.41, 5.74) is 3.10. The van der Waals surface area contributed by atoms with E-state index in [4.69, 9.17) is 9.47 Å². The highest BCUT2D eigenvalue weighted by molar-refractivity contribution is 7.21. The number of methoxy groups -OCH3 is 1. The van der Waals surface area contributed by atoms with Crippen LogP contribution >= 0.6 is 11.3 Å². The summed E-state index contributed by atoms with van der Waals surface area (Å²) in [6, 6.07) is 23.0. The molecule has 0 atom stereocenters. The number of thiazole rings is 1. The molecule has 1 aromatic heterocycles. The van der Waals surface area contributed by atoms with Crippen LogP contribution in [0, 0.1) is 0 Å². The van der Waals surface area contributed by atoms with E-state index < -0.39 is 5.97 Å². The predicted octanol–water partition coefficient (Wildman–Crippen LogP) is 4.48. The van der Waals surface area contributed by atoms with Crippen LogP contribution in [-0.2, 0) is 9.53 Å². The van der Waals surface area contributed by atoms with Crippen LogP contribution in [0.25, 0.3) is 20.8 Å². The highest BCUT2D eigenvalue weighted by Crippen LogP contribution is 2.32. The van der Waals surface area contributed by atoms with Gasteiger partial charge in [0.1, 0.15) is 10.8 Å². The Morgan fingerprint density at radius 3 is 2.37 bits per heavy atom. The molecule has 0 radical (unpaired) electrons. The third-order valence-electron chi connectivity index (χ3n) is 6.07. The number of fused-ring (bicyclic) bond motifs is 1. The number of nitrogens with zero attached hydrogens (tertiary/aromatic N) is 3. The van der Waals surface area contributed by atoms with Crippen molar-refractivity contribution in [1.29, 1.82) is 0 Å². The second-order valence-corrected chi connectivity index (χ2v) is 9.20. The van der Waals surface area contributed by atoms with Gasteiger partial charge in [0.05, 0.1) is 22.9 Å². The van der Waals surface area contributed by atoms with Crippen molar-refractivity contribution in [2.45, 2.75) is 0 Å². The lowest BCUT2D eigenvalue weighted by Crippen LogP contribution is -2.49. The number of esters is 1. The van der Waals surface area contributed by atoms with Crippen LogP contribution in [0.3, 0.4) is 0 Å². The minimum absolute atomic E-state index is 0.190. The molecule has 0 unspecified atom stereocenters. The second-order valence-electron chi connectivity index (χ2n) is 8.17. The number of anilines is 1. The molecular formula is C27H25N3O4S. The van der Waals surface area contributed by atoms with Gasteiger partial charge in [-0.2, -0.15) is 0 Å². The van der Waals surface area contributed by atoms with Gasteiger partial charge in [-0.05, 0) is 42.5 Å². The zero-order valence-corrected chi connectivity index (χ0v) is 20.2. The standard InChI is InChI=1S/C27H25N3O4S/c1-33-20-12-10-19(11-13-20)29-14-16-30(17-15-29)25(31)18-34-27(32)22-7-3-2-6-21(22)26-28-23-8-4-5-9-24(23)35-26/h2-13H,14-18H2,1H3. The number of hydrogen-bond acceptors (Lipinski definition) is 7. The fourth-order valence-corrected chi connectivity index (χ4v) is 5.14. The molecule has 0 N–H and O–H groups in total. The molecule has 35 heavy (non-hydrogen) atoms. The number of ether oxygens (including phenoxy) is 2. The summed E-state index contributed by atoms with van der Waals surface area (Å²) in [5, 5.41) is 0.750. The Kier molecular flexibility index (Phi) is 6.63. The molecule has 3 aromatic carbocycles. The average molecular weight is 488 g/mol. The van der Waals surface area contributed by atoms with Gasteiger partial charge in [-0.1, -0.05) is 30.3 Å². The molecule has 0 spiro atoms. The molecule has 2 heterocycles. The summed E-state index contributed by atoms with van der Waals surface area (Å²) in [7, 11) is 1.64. The Bertz CT molecular complexity index is 1310. The van der Waals surface area contributed by atoms with Gasteiger partial charge < -0.3 is 19.3 Å². The van der Waals surface area contributed by atoms with Crippen LogP contribution in [0.1, 0.15) is 10.4 Å². The predicted molar refractivity (Wildman–Crippen MR) is 137 cm³/mol. The van der Waals surface area contributed by atoms with Gasteiger partial charge in [-0.15, -0.1) is 11.3 Å². The Balaban J connectivity index is 1.19. The topological polar surface area (TPSA) is 72.0 Å². The fraction of sp³-hybridized carbons (Fsp3) is 0.222. The number of piperazine rings is 1. The SMILES string of the molecule is COc1ccc(N2CCN(C(=O)COC(=O)c3ccccc3-c3nc4ccccc4s3)CC2)cc1. The zero-order chi connectivity index (χ0) is 24.2. The van der Waals surface area contributed by atoms with Gasteiger partial charge in [0, 0.05) is 37.4 Å². The average Bonchev–Trinajstić information content (AvgIpc) is 3.36. The maximum Gasteiger partial charge on any atom is 0.339 e. The molecule has 1 fully saturated rings. The van der Waals surface area contributed by atoms with Crippen LogP contribution in [0.15, 0.2) is 72.8 Å². The number of hydrogen-bond donors (Lipinski definition) is 0. The molecular weight excluding hydrogens is 462 g/mol. The first-order valence-electron chi connectivity index (χ1n) is 11.4. The summed E-state index contributed by atoms with van der Waals surface area (Å²) >= 11 is 1.52. The molecule has 7 nitrogen and oxygen atoms in total. The summed E-state index contributed by atoms with van der Waals surface area (Å²) in [4.78, 5) is 34.3. The molecule has 1 aliphatic rings. The molecule has 0 bridgehead atoms. The second kappa shape index (κ2) is 10.1. The lowest BCUT2D eigenvalue weighted by atomic mass is 10.1. The quantitative estimate of drug-likeness (QED) is 0.374. The molecule has 5 rings (SSSR count). The Morgan fingerprint density at radius 2 is 1.63 bits per heavy atom. The molecule has 0 saturated carbocycles. The minimum Gasteiger partial charge on any atom is -0.497 e. The van der Waals surface area contributed by atoms with Gasteiger partial charge in [0.15, 0.2) is 6.61 Å². The highest BCUT2D eigenvalue weighted by atomic mass is 32.1. The van der Waals surface area contributed by atoms with Crippen molar-refractivity contribution in [3.8, 4) is 16.3 Å². The number of carbonyl (C=O) groups excluding carboxylic acids is 2. The molecule has 1 amide bonds. The molecule has 0 aliphatic carbocycles. The van der Waals surface area contributed by atoms with E-state index >= 15 is 0 Å². The summed E-state index contributed by atoms with van der Waals surface area (Å²) in [5.74, 6) is 0.101. The van der Waals surface area contributed by atoms with E-state index in [1.807, 2.05) is 60.7 Å². The highest BCUT2D eigenvalue weighted by Gasteiger charge is 2.23. The first-order chi connectivity index (χ1) is 17.1. The van der Waals surface area contributed by atoms with E-state index in [-0.39, 0.29) is 12.5 Å². The maximum atomic E-state index is 12.9. The van der Waals surface area contributed by atoms with E-state index in [9.17, 15) is 9.59 Å². The third kappa shape index (κ3) is 4.97. The van der Waals surface area contributed by atoms with Crippen molar-refractivity contribution < 1.29 is 19.1 Å². The molecule has 1 aliphatic heterocycles. The van der Waals surface area contributed by atoms with Crippen molar-refractivity contribution in [3.63, 3.8) is 0 Å². The van der Waals surface area contributed by atoms with Crippen LogP contribution < -0.4 is 9.64 Å².